The number of nitrogens with one attached hydrogen (secondary N) is 1. The monoisotopic (exact) mass is 400 g/mol. The normalized spacial score (nSPS) is 11.1. The predicted octanol–water partition coefficient (Wildman–Crippen LogP) is 5.38. The maximum absolute atomic E-state index is 5.82. The SMILES string of the molecule is Cc1ccc(-c2n[nH]c(=S)n2/N=C\c2ccc(OCc3ccccc3)cc2)cc1. The molecule has 3 aromatic carbocycles. The summed E-state index contributed by atoms with van der Waals surface area (Å²) in [6.07, 6.45) is 1.75. The maximum atomic E-state index is 5.82. The van der Waals surface area contributed by atoms with E-state index in [1.807, 2.05) is 85.8 Å². The van der Waals surface area contributed by atoms with Gasteiger partial charge in [0.15, 0.2) is 5.82 Å². The summed E-state index contributed by atoms with van der Waals surface area (Å²) in [7, 11) is 0. The Morgan fingerprint density at radius 2 is 1.72 bits per heavy atom. The van der Waals surface area contributed by atoms with Gasteiger partial charge in [-0.25, -0.2) is 5.10 Å². The molecule has 1 aromatic heterocycles. The first kappa shape index (κ1) is 18.8. The standard InChI is InChI=1S/C23H20N4OS/c1-17-7-11-20(12-8-17)22-25-26-23(29)27(22)24-15-18-9-13-21(14-10-18)28-16-19-5-3-2-4-6-19/h2-15H,16H2,1H3,(H,26,29)/b24-15-. The van der Waals surface area contributed by atoms with E-state index in [0.29, 0.717) is 17.2 Å². The Morgan fingerprint density at radius 3 is 2.45 bits per heavy atom. The van der Waals surface area contributed by atoms with Gasteiger partial charge in [0, 0.05) is 5.56 Å². The highest BCUT2D eigenvalue weighted by Crippen LogP contribution is 2.18. The van der Waals surface area contributed by atoms with Crippen LogP contribution in [0.1, 0.15) is 16.7 Å². The van der Waals surface area contributed by atoms with Gasteiger partial charge >= 0.3 is 0 Å². The molecule has 0 radical (unpaired) electrons. The van der Waals surface area contributed by atoms with E-state index in [1.54, 1.807) is 10.9 Å². The summed E-state index contributed by atoms with van der Waals surface area (Å²) < 4.78 is 7.89. The van der Waals surface area contributed by atoms with Crippen molar-refractivity contribution in [3.8, 4) is 17.1 Å². The smallest absolute Gasteiger partial charge is 0.216 e. The molecule has 0 unspecified atom stereocenters. The number of aromatic amines is 1. The molecule has 0 aliphatic rings. The Kier molecular flexibility index (Phi) is 5.63. The fraction of sp³-hybridized carbons (Fsp3) is 0.0870. The molecule has 0 amide bonds. The van der Waals surface area contributed by atoms with Crippen LogP contribution in [0.3, 0.4) is 0 Å². The van der Waals surface area contributed by atoms with Gasteiger partial charge in [-0.2, -0.15) is 14.9 Å². The quantitative estimate of drug-likeness (QED) is 0.349. The number of hydrogen-bond acceptors (Lipinski definition) is 4. The van der Waals surface area contributed by atoms with Gasteiger partial charge in [-0.1, -0.05) is 60.2 Å². The molecule has 4 rings (SSSR count). The predicted molar refractivity (Wildman–Crippen MR) is 118 cm³/mol. The molecule has 6 heteroatoms. The zero-order valence-corrected chi connectivity index (χ0v) is 16.8. The van der Waals surface area contributed by atoms with Crippen molar-refractivity contribution in [1.29, 1.82) is 0 Å². The number of aromatic nitrogens is 3. The Balaban J connectivity index is 1.48. The summed E-state index contributed by atoms with van der Waals surface area (Å²) in [6, 6.07) is 25.9. The van der Waals surface area contributed by atoms with Crippen LogP contribution in [0.4, 0.5) is 0 Å². The average Bonchev–Trinajstić information content (AvgIpc) is 3.13. The number of rotatable bonds is 6. The van der Waals surface area contributed by atoms with Crippen molar-refractivity contribution < 1.29 is 4.74 Å². The fourth-order valence-corrected chi connectivity index (χ4v) is 2.98. The van der Waals surface area contributed by atoms with E-state index in [0.717, 1.165) is 22.4 Å². The highest BCUT2D eigenvalue weighted by atomic mass is 32.1. The van der Waals surface area contributed by atoms with Crippen molar-refractivity contribution in [1.82, 2.24) is 14.9 Å². The lowest BCUT2D eigenvalue weighted by molar-refractivity contribution is 0.306. The highest BCUT2D eigenvalue weighted by molar-refractivity contribution is 7.71. The molecule has 0 aliphatic heterocycles. The summed E-state index contributed by atoms with van der Waals surface area (Å²) in [5, 5.41) is 11.6. The van der Waals surface area contributed by atoms with E-state index >= 15 is 0 Å². The van der Waals surface area contributed by atoms with E-state index in [9.17, 15) is 0 Å². The van der Waals surface area contributed by atoms with Crippen molar-refractivity contribution in [2.45, 2.75) is 13.5 Å². The van der Waals surface area contributed by atoms with Crippen LogP contribution in [0.15, 0.2) is 84.0 Å². The van der Waals surface area contributed by atoms with Crippen LogP contribution in [0.5, 0.6) is 5.75 Å². The topological polar surface area (TPSA) is 55.2 Å². The second-order valence-corrected chi connectivity index (χ2v) is 7.00. The molecule has 0 saturated carbocycles. The van der Waals surface area contributed by atoms with E-state index in [4.69, 9.17) is 17.0 Å². The number of hydrogen-bond donors (Lipinski definition) is 1. The van der Waals surface area contributed by atoms with Crippen LogP contribution in [-0.2, 0) is 6.61 Å². The molecule has 4 aromatic rings. The average molecular weight is 401 g/mol. The Hall–Kier alpha value is -3.51. The van der Waals surface area contributed by atoms with Crippen molar-refractivity contribution in [2.75, 3.05) is 0 Å². The Labute approximate surface area is 174 Å². The molecule has 0 saturated heterocycles. The number of ether oxygens (including phenoxy) is 1. The lowest BCUT2D eigenvalue weighted by Gasteiger charge is -2.06. The second kappa shape index (κ2) is 8.67. The number of benzene rings is 3. The van der Waals surface area contributed by atoms with Crippen molar-refractivity contribution in [3.63, 3.8) is 0 Å². The molecule has 5 nitrogen and oxygen atoms in total. The Morgan fingerprint density at radius 1 is 1.00 bits per heavy atom. The van der Waals surface area contributed by atoms with Crippen LogP contribution in [-0.4, -0.2) is 21.1 Å². The van der Waals surface area contributed by atoms with Gasteiger partial charge in [-0.05, 0) is 54.5 Å². The summed E-state index contributed by atoms with van der Waals surface area (Å²) in [6.45, 7) is 2.59. The summed E-state index contributed by atoms with van der Waals surface area (Å²) in [5.74, 6) is 1.49. The summed E-state index contributed by atoms with van der Waals surface area (Å²) in [4.78, 5) is 0. The summed E-state index contributed by atoms with van der Waals surface area (Å²) in [5.41, 5.74) is 4.21. The first-order chi connectivity index (χ1) is 14.2. The molecule has 0 fully saturated rings. The molecule has 0 spiro atoms. The third kappa shape index (κ3) is 4.67. The van der Waals surface area contributed by atoms with Crippen molar-refractivity contribution in [3.05, 3.63) is 100 Å². The highest BCUT2D eigenvalue weighted by Gasteiger charge is 2.07. The molecule has 29 heavy (non-hydrogen) atoms. The molecule has 0 bridgehead atoms. The molecule has 1 heterocycles. The van der Waals surface area contributed by atoms with E-state index in [-0.39, 0.29) is 0 Å². The molecule has 0 atom stereocenters. The fourth-order valence-electron chi connectivity index (χ4n) is 2.80. The van der Waals surface area contributed by atoms with Gasteiger partial charge in [0.1, 0.15) is 12.4 Å². The molecule has 144 valence electrons. The maximum Gasteiger partial charge on any atom is 0.216 e. The zero-order valence-electron chi connectivity index (χ0n) is 15.9. The van der Waals surface area contributed by atoms with Crippen molar-refractivity contribution >= 4 is 18.4 Å². The molecule has 0 aliphatic carbocycles. The first-order valence-corrected chi connectivity index (χ1v) is 9.65. The van der Waals surface area contributed by atoms with Crippen LogP contribution in [0.2, 0.25) is 0 Å². The third-order valence-electron chi connectivity index (χ3n) is 4.41. The number of nitrogens with zero attached hydrogens (tertiary/aromatic N) is 3. The van der Waals surface area contributed by atoms with E-state index in [1.165, 1.54) is 5.56 Å². The van der Waals surface area contributed by atoms with Gasteiger partial charge < -0.3 is 4.74 Å². The van der Waals surface area contributed by atoms with Gasteiger partial charge in [0.2, 0.25) is 4.77 Å². The Bertz CT molecular complexity index is 1160. The van der Waals surface area contributed by atoms with Gasteiger partial charge in [0.25, 0.3) is 0 Å². The number of aryl methyl sites for hydroxylation is 1. The number of H-pyrrole nitrogens is 1. The van der Waals surface area contributed by atoms with Crippen LogP contribution in [0.25, 0.3) is 11.4 Å². The lowest BCUT2D eigenvalue weighted by atomic mass is 10.1. The first-order valence-electron chi connectivity index (χ1n) is 9.25. The summed E-state index contributed by atoms with van der Waals surface area (Å²) >= 11 is 5.33. The van der Waals surface area contributed by atoms with Crippen LogP contribution < -0.4 is 4.74 Å². The minimum absolute atomic E-state index is 0.444. The minimum Gasteiger partial charge on any atom is -0.489 e. The van der Waals surface area contributed by atoms with Gasteiger partial charge in [-0.15, -0.1) is 0 Å². The van der Waals surface area contributed by atoms with Crippen LogP contribution >= 0.6 is 12.2 Å². The molecular formula is C23H20N4OS. The van der Waals surface area contributed by atoms with E-state index < -0.39 is 0 Å². The molecule has 1 N–H and O–H groups in total. The van der Waals surface area contributed by atoms with Crippen LogP contribution in [0, 0.1) is 11.7 Å². The van der Waals surface area contributed by atoms with Crippen molar-refractivity contribution in [2.24, 2.45) is 5.10 Å². The molecular weight excluding hydrogens is 380 g/mol. The largest absolute Gasteiger partial charge is 0.489 e. The third-order valence-corrected chi connectivity index (χ3v) is 4.68. The lowest BCUT2D eigenvalue weighted by Crippen LogP contribution is -1.96. The van der Waals surface area contributed by atoms with E-state index in [2.05, 4.69) is 15.3 Å². The van der Waals surface area contributed by atoms with Gasteiger partial charge in [-0.3, -0.25) is 0 Å². The second-order valence-electron chi connectivity index (χ2n) is 6.62. The zero-order chi connectivity index (χ0) is 20.1. The minimum atomic E-state index is 0.444. The van der Waals surface area contributed by atoms with Gasteiger partial charge in [0.05, 0.1) is 6.21 Å².